The fourth-order valence-electron chi connectivity index (χ4n) is 2.30. The summed E-state index contributed by atoms with van der Waals surface area (Å²) >= 11 is 0. The van der Waals surface area contributed by atoms with Gasteiger partial charge in [-0.2, -0.15) is 0 Å². The van der Waals surface area contributed by atoms with E-state index in [1.165, 1.54) is 0 Å². The Bertz CT molecular complexity index is 493. The molecule has 0 aliphatic heterocycles. The average molecular weight is 258 g/mol. The highest BCUT2D eigenvalue weighted by atomic mass is 16.3. The third-order valence-corrected chi connectivity index (χ3v) is 3.33. The fraction of sp³-hybridized carbons (Fsp3) is 0.400. The molecule has 2 rings (SSSR count). The summed E-state index contributed by atoms with van der Waals surface area (Å²) in [4.78, 5) is 11.8. The standard InChI is InChI=1S/C15H18N2O2/c1-2-11-6-5-7-12(10-11)16-15(19)17-13-8-3-4-9-14(13)18/h1,5-7,10,13-14,18H,3-4,8-9H2,(H2,16,17,19). The fourth-order valence-corrected chi connectivity index (χ4v) is 2.30. The number of benzene rings is 1. The molecule has 19 heavy (non-hydrogen) atoms. The molecule has 0 heterocycles. The van der Waals surface area contributed by atoms with E-state index in [1.807, 2.05) is 0 Å². The summed E-state index contributed by atoms with van der Waals surface area (Å²) in [5, 5.41) is 15.3. The normalized spacial score (nSPS) is 22.3. The van der Waals surface area contributed by atoms with Gasteiger partial charge in [0.1, 0.15) is 0 Å². The Morgan fingerprint density at radius 3 is 2.89 bits per heavy atom. The molecule has 4 nitrogen and oxygen atoms in total. The Labute approximate surface area is 113 Å². The molecule has 0 bridgehead atoms. The van der Waals surface area contributed by atoms with Gasteiger partial charge in [0.2, 0.25) is 0 Å². The first-order chi connectivity index (χ1) is 9.19. The van der Waals surface area contributed by atoms with Crippen LogP contribution in [0.5, 0.6) is 0 Å². The Kier molecular flexibility index (Phi) is 4.43. The highest BCUT2D eigenvalue weighted by Gasteiger charge is 2.24. The summed E-state index contributed by atoms with van der Waals surface area (Å²) in [5.74, 6) is 2.52. The maximum absolute atomic E-state index is 11.8. The zero-order chi connectivity index (χ0) is 13.7. The molecule has 0 saturated heterocycles. The van der Waals surface area contributed by atoms with E-state index < -0.39 is 6.10 Å². The van der Waals surface area contributed by atoms with Gasteiger partial charge in [-0.1, -0.05) is 24.8 Å². The van der Waals surface area contributed by atoms with E-state index in [4.69, 9.17) is 6.42 Å². The number of aliphatic hydroxyl groups excluding tert-OH is 1. The van der Waals surface area contributed by atoms with Gasteiger partial charge in [0.05, 0.1) is 12.1 Å². The van der Waals surface area contributed by atoms with Crippen molar-refractivity contribution in [3.8, 4) is 12.3 Å². The number of urea groups is 1. The molecular weight excluding hydrogens is 240 g/mol. The van der Waals surface area contributed by atoms with Crippen LogP contribution in [0.3, 0.4) is 0 Å². The van der Waals surface area contributed by atoms with E-state index in [0.717, 1.165) is 31.2 Å². The molecule has 2 amide bonds. The molecule has 2 unspecified atom stereocenters. The van der Waals surface area contributed by atoms with Gasteiger partial charge < -0.3 is 15.7 Å². The van der Waals surface area contributed by atoms with Gasteiger partial charge in [0, 0.05) is 11.3 Å². The van der Waals surface area contributed by atoms with Crippen molar-refractivity contribution in [2.75, 3.05) is 5.32 Å². The lowest BCUT2D eigenvalue weighted by Gasteiger charge is -2.28. The summed E-state index contributed by atoms with van der Waals surface area (Å²) in [7, 11) is 0. The van der Waals surface area contributed by atoms with Gasteiger partial charge in [0.15, 0.2) is 0 Å². The van der Waals surface area contributed by atoms with Crippen LogP contribution >= 0.6 is 0 Å². The number of amides is 2. The van der Waals surface area contributed by atoms with Crippen LogP contribution in [-0.2, 0) is 0 Å². The molecule has 100 valence electrons. The first-order valence-electron chi connectivity index (χ1n) is 6.51. The first-order valence-corrected chi connectivity index (χ1v) is 6.51. The lowest BCUT2D eigenvalue weighted by molar-refractivity contribution is 0.0955. The SMILES string of the molecule is C#Cc1cccc(NC(=O)NC2CCCCC2O)c1. The third kappa shape index (κ3) is 3.73. The topological polar surface area (TPSA) is 61.4 Å². The molecule has 3 N–H and O–H groups in total. The van der Waals surface area contributed by atoms with Crippen LogP contribution < -0.4 is 10.6 Å². The van der Waals surface area contributed by atoms with Crippen LogP contribution in [0.1, 0.15) is 31.2 Å². The van der Waals surface area contributed by atoms with E-state index in [-0.39, 0.29) is 12.1 Å². The molecular formula is C15H18N2O2. The number of anilines is 1. The minimum Gasteiger partial charge on any atom is -0.391 e. The number of aliphatic hydroxyl groups is 1. The van der Waals surface area contributed by atoms with Gasteiger partial charge in [-0.3, -0.25) is 0 Å². The Balaban J connectivity index is 1.91. The van der Waals surface area contributed by atoms with Crippen LogP contribution in [0.2, 0.25) is 0 Å². The molecule has 1 aromatic rings. The molecule has 0 spiro atoms. The number of nitrogens with one attached hydrogen (secondary N) is 2. The molecule has 1 aliphatic rings. The van der Waals surface area contributed by atoms with Crippen LogP contribution in [-0.4, -0.2) is 23.3 Å². The van der Waals surface area contributed by atoms with Gasteiger partial charge >= 0.3 is 6.03 Å². The van der Waals surface area contributed by atoms with Crippen molar-refractivity contribution in [3.63, 3.8) is 0 Å². The summed E-state index contributed by atoms with van der Waals surface area (Å²) in [6, 6.07) is 6.63. The predicted octanol–water partition coefficient (Wildman–Crippen LogP) is 2.09. The molecule has 1 saturated carbocycles. The van der Waals surface area contributed by atoms with Gasteiger partial charge in [0.25, 0.3) is 0 Å². The monoisotopic (exact) mass is 258 g/mol. The lowest BCUT2D eigenvalue weighted by atomic mass is 9.93. The molecule has 1 aliphatic carbocycles. The molecule has 0 radical (unpaired) electrons. The van der Waals surface area contributed by atoms with Crippen molar-refractivity contribution in [1.82, 2.24) is 5.32 Å². The van der Waals surface area contributed by atoms with Gasteiger partial charge in [-0.05, 0) is 31.0 Å². The Morgan fingerprint density at radius 1 is 1.37 bits per heavy atom. The predicted molar refractivity (Wildman–Crippen MR) is 74.8 cm³/mol. The van der Waals surface area contributed by atoms with Crippen molar-refractivity contribution in [1.29, 1.82) is 0 Å². The molecule has 0 aromatic heterocycles. The number of carbonyl (C=O) groups is 1. The highest BCUT2D eigenvalue weighted by Crippen LogP contribution is 2.18. The third-order valence-electron chi connectivity index (χ3n) is 3.33. The van der Waals surface area contributed by atoms with E-state index in [0.29, 0.717) is 5.69 Å². The van der Waals surface area contributed by atoms with Crippen molar-refractivity contribution in [3.05, 3.63) is 29.8 Å². The number of carbonyl (C=O) groups excluding carboxylic acids is 1. The summed E-state index contributed by atoms with van der Waals surface area (Å²) < 4.78 is 0. The number of terminal acetylenes is 1. The zero-order valence-electron chi connectivity index (χ0n) is 10.7. The Morgan fingerprint density at radius 2 is 2.16 bits per heavy atom. The van der Waals surface area contributed by atoms with Crippen molar-refractivity contribution in [2.24, 2.45) is 0 Å². The lowest BCUT2D eigenvalue weighted by Crippen LogP contribution is -2.46. The summed E-state index contributed by atoms with van der Waals surface area (Å²) in [6.45, 7) is 0. The first kappa shape index (κ1) is 13.4. The largest absolute Gasteiger partial charge is 0.391 e. The van der Waals surface area contributed by atoms with Crippen LogP contribution in [0, 0.1) is 12.3 Å². The molecule has 4 heteroatoms. The van der Waals surface area contributed by atoms with Gasteiger partial charge in [-0.15, -0.1) is 6.42 Å². The second-order valence-electron chi connectivity index (χ2n) is 4.78. The minimum atomic E-state index is -0.448. The number of hydrogen-bond donors (Lipinski definition) is 3. The smallest absolute Gasteiger partial charge is 0.319 e. The molecule has 1 aromatic carbocycles. The zero-order valence-corrected chi connectivity index (χ0v) is 10.7. The van der Waals surface area contributed by atoms with E-state index in [2.05, 4.69) is 16.6 Å². The quantitative estimate of drug-likeness (QED) is 0.711. The van der Waals surface area contributed by atoms with Crippen LogP contribution in [0.25, 0.3) is 0 Å². The maximum atomic E-state index is 11.8. The second-order valence-corrected chi connectivity index (χ2v) is 4.78. The van der Waals surface area contributed by atoms with Crippen molar-refractivity contribution < 1.29 is 9.90 Å². The minimum absolute atomic E-state index is 0.162. The molecule has 1 fully saturated rings. The van der Waals surface area contributed by atoms with E-state index >= 15 is 0 Å². The Hall–Kier alpha value is -1.99. The van der Waals surface area contributed by atoms with E-state index in [9.17, 15) is 9.90 Å². The second kappa shape index (κ2) is 6.26. The highest BCUT2D eigenvalue weighted by molar-refractivity contribution is 5.89. The van der Waals surface area contributed by atoms with Gasteiger partial charge in [-0.25, -0.2) is 4.79 Å². The molecule has 2 atom stereocenters. The van der Waals surface area contributed by atoms with E-state index in [1.54, 1.807) is 24.3 Å². The van der Waals surface area contributed by atoms with Crippen LogP contribution in [0.15, 0.2) is 24.3 Å². The van der Waals surface area contributed by atoms with Crippen LogP contribution in [0.4, 0.5) is 10.5 Å². The van der Waals surface area contributed by atoms with Crippen molar-refractivity contribution >= 4 is 11.7 Å². The maximum Gasteiger partial charge on any atom is 0.319 e. The average Bonchev–Trinajstić information content (AvgIpc) is 2.41. The summed E-state index contributed by atoms with van der Waals surface area (Å²) in [5.41, 5.74) is 1.37. The number of rotatable bonds is 2. The summed E-state index contributed by atoms with van der Waals surface area (Å²) in [6.07, 6.45) is 8.48. The van der Waals surface area contributed by atoms with Crippen molar-refractivity contribution in [2.45, 2.75) is 37.8 Å². The number of hydrogen-bond acceptors (Lipinski definition) is 2.